The first-order valence-corrected chi connectivity index (χ1v) is 11.7. The molecule has 1 spiro atoms. The lowest BCUT2D eigenvalue weighted by molar-refractivity contribution is -0.124. The topological polar surface area (TPSA) is 114 Å². The van der Waals surface area contributed by atoms with Crippen LogP contribution in [0.3, 0.4) is 0 Å². The van der Waals surface area contributed by atoms with Crippen LogP contribution in [-0.4, -0.2) is 46.8 Å². The maximum absolute atomic E-state index is 14.4. The number of nitrogens with zero attached hydrogens (tertiary/aromatic N) is 2. The van der Waals surface area contributed by atoms with E-state index in [1.54, 1.807) is 37.4 Å². The van der Waals surface area contributed by atoms with Gasteiger partial charge in [0.2, 0.25) is 11.8 Å². The monoisotopic (exact) mass is 491 g/mol. The van der Waals surface area contributed by atoms with Crippen molar-refractivity contribution in [1.82, 2.24) is 15.1 Å². The highest BCUT2D eigenvalue weighted by Crippen LogP contribution is 2.45. The molecule has 5 rings (SSSR count). The van der Waals surface area contributed by atoms with Gasteiger partial charge in [-0.1, -0.05) is 24.3 Å². The third-order valence-electron chi connectivity index (χ3n) is 6.89. The van der Waals surface area contributed by atoms with E-state index in [9.17, 15) is 18.8 Å². The summed E-state index contributed by atoms with van der Waals surface area (Å²) in [6.45, 7) is 1.03. The Labute approximate surface area is 207 Å². The fraction of sp³-hybridized carbons (Fsp3) is 0.308. The van der Waals surface area contributed by atoms with E-state index in [-0.39, 0.29) is 18.0 Å². The Bertz CT molecular complexity index is 1330. The van der Waals surface area contributed by atoms with Gasteiger partial charge in [-0.3, -0.25) is 19.1 Å². The predicted molar refractivity (Wildman–Crippen MR) is 130 cm³/mol. The normalized spacial score (nSPS) is 16.8. The fourth-order valence-electron chi connectivity index (χ4n) is 4.87. The molecule has 1 atom stereocenters. The van der Waals surface area contributed by atoms with E-state index in [4.69, 9.17) is 4.74 Å². The molecule has 3 heterocycles. The molecular weight excluding hydrogens is 465 g/mol. The number of benzene rings is 2. The molecule has 2 aromatic carbocycles. The first kappa shape index (κ1) is 23.7. The average molecular weight is 492 g/mol. The van der Waals surface area contributed by atoms with Gasteiger partial charge in [0.05, 0.1) is 5.41 Å². The molecule has 1 saturated heterocycles. The molecule has 10 heteroatoms. The minimum absolute atomic E-state index is 0.0487. The molecule has 3 amide bonds. The van der Waals surface area contributed by atoms with Gasteiger partial charge >= 0.3 is 0 Å². The van der Waals surface area contributed by atoms with E-state index in [0.29, 0.717) is 43.0 Å². The molecule has 0 aliphatic carbocycles. The second-order valence-corrected chi connectivity index (χ2v) is 9.06. The summed E-state index contributed by atoms with van der Waals surface area (Å²) in [6.07, 6.45) is 2.63. The quantitative estimate of drug-likeness (QED) is 0.490. The standard InChI is InChI=1S/C26H26FN5O4/c1-32-22(8-11-28-32)24(34)30-21(14-16-4-2-3-5-19(16)27)23(33)29-17-6-7-18-20(15-17)31-25(35)26(18)9-12-36-13-10-26/h2-8,11,15,21H,9-10,12-14H2,1H3,(H,29,33)(H,30,34)(H,31,35). The van der Waals surface area contributed by atoms with Crippen LogP contribution in [0.2, 0.25) is 0 Å². The Balaban J connectivity index is 1.38. The van der Waals surface area contributed by atoms with Crippen molar-refractivity contribution in [2.24, 2.45) is 7.05 Å². The number of amides is 3. The van der Waals surface area contributed by atoms with Crippen molar-refractivity contribution in [2.45, 2.75) is 30.7 Å². The fourth-order valence-corrected chi connectivity index (χ4v) is 4.87. The van der Waals surface area contributed by atoms with Crippen LogP contribution in [0.5, 0.6) is 0 Å². The van der Waals surface area contributed by atoms with Crippen LogP contribution in [0, 0.1) is 5.82 Å². The summed E-state index contributed by atoms with van der Waals surface area (Å²) < 4.78 is 21.2. The highest BCUT2D eigenvalue weighted by molar-refractivity contribution is 6.07. The Kier molecular flexibility index (Phi) is 6.27. The van der Waals surface area contributed by atoms with E-state index < -0.39 is 29.1 Å². The summed E-state index contributed by atoms with van der Waals surface area (Å²) in [6, 6.07) is 11.9. The summed E-state index contributed by atoms with van der Waals surface area (Å²) in [5, 5.41) is 12.4. The maximum atomic E-state index is 14.4. The zero-order valence-electron chi connectivity index (χ0n) is 19.7. The number of rotatable bonds is 6. The van der Waals surface area contributed by atoms with Gasteiger partial charge in [-0.15, -0.1) is 0 Å². The number of carbonyl (C=O) groups excluding carboxylic acids is 3. The van der Waals surface area contributed by atoms with Crippen molar-refractivity contribution >= 4 is 29.1 Å². The van der Waals surface area contributed by atoms with Crippen LogP contribution in [0.1, 0.15) is 34.5 Å². The lowest BCUT2D eigenvalue weighted by atomic mass is 9.75. The van der Waals surface area contributed by atoms with Crippen molar-refractivity contribution in [3.8, 4) is 0 Å². The van der Waals surface area contributed by atoms with E-state index in [1.165, 1.54) is 23.0 Å². The smallest absolute Gasteiger partial charge is 0.270 e. The van der Waals surface area contributed by atoms with Gasteiger partial charge in [-0.25, -0.2) is 4.39 Å². The number of nitrogens with one attached hydrogen (secondary N) is 3. The summed E-state index contributed by atoms with van der Waals surface area (Å²) >= 11 is 0. The number of aromatic nitrogens is 2. The minimum Gasteiger partial charge on any atom is -0.381 e. The van der Waals surface area contributed by atoms with Gasteiger partial charge in [0.25, 0.3) is 5.91 Å². The Morgan fingerprint density at radius 2 is 1.97 bits per heavy atom. The largest absolute Gasteiger partial charge is 0.381 e. The molecule has 186 valence electrons. The second kappa shape index (κ2) is 9.54. The molecule has 2 aliphatic rings. The molecule has 9 nitrogen and oxygen atoms in total. The van der Waals surface area contributed by atoms with E-state index >= 15 is 0 Å². The molecule has 1 unspecified atom stereocenters. The summed E-state index contributed by atoms with van der Waals surface area (Å²) in [5.41, 5.74) is 1.94. The molecule has 1 aromatic heterocycles. The highest BCUT2D eigenvalue weighted by atomic mass is 19.1. The lowest BCUT2D eigenvalue weighted by Gasteiger charge is -2.31. The molecule has 2 aliphatic heterocycles. The van der Waals surface area contributed by atoms with Gasteiger partial charge in [-0.2, -0.15) is 5.10 Å². The zero-order valence-corrected chi connectivity index (χ0v) is 19.7. The first-order chi connectivity index (χ1) is 17.4. The minimum atomic E-state index is -1.06. The van der Waals surface area contributed by atoms with Crippen molar-refractivity contribution < 1.29 is 23.5 Å². The third-order valence-corrected chi connectivity index (χ3v) is 6.89. The van der Waals surface area contributed by atoms with Crippen molar-refractivity contribution in [3.63, 3.8) is 0 Å². The van der Waals surface area contributed by atoms with Gasteiger partial charge < -0.3 is 20.7 Å². The lowest BCUT2D eigenvalue weighted by Crippen LogP contribution is -2.45. The number of ether oxygens (including phenoxy) is 1. The van der Waals surface area contributed by atoms with Crippen LogP contribution in [0.4, 0.5) is 15.8 Å². The Morgan fingerprint density at radius 1 is 1.19 bits per heavy atom. The van der Waals surface area contributed by atoms with E-state index in [2.05, 4.69) is 21.0 Å². The average Bonchev–Trinajstić information content (AvgIpc) is 3.41. The molecule has 1 fully saturated rings. The van der Waals surface area contributed by atoms with Crippen LogP contribution < -0.4 is 16.0 Å². The molecule has 0 saturated carbocycles. The number of aryl methyl sites for hydroxylation is 1. The Morgan fingerprint density at radius 3 is 2.69 bits per heavy atom. The zero-order chi connectivity index (χ0) is 25.3. The second-order valence-electron chi connectivity index (χ2n) is 9.06. The van der Waals surface area contributed by atoms with Gasteiger partial charge in [0, 0.05) is 44.3 Å². The maximum Gasteiger partial charge on any atom is 0.270 e. The van der Waals surface area contributed by atoms with E-state index in [1.807, 2.05) is 6.07 Å². The van der Waals surface area contributed by atoms with Gasteiger partial charge in [0.1, 0.15) is 17.6 Å². The molecule has 0 bridgehead atoms. The Hall–Kier alpha value is -4.05. The molecule has 0 radical (unpaired) electrons. The number of fused-ring (bicyclic) bond motifs is 2. The first-order valence-electron chi connectivity index (χ1n) is 11.7. The van der Waals surface area contributed by atoms with Crippen LogP contribution in [0.25, 0.3) is 0 Å². The van der Waals surface area contributed by atoms with Crippen LogP contribution in [0.15, 0.2) is 54.7 Å². The third kappa shape index (κ3) is 4.35. The molecule has 3 N–H and O–H groups in total. The van der Waals surface area contributed by atoms with Crippen molar-refractivity contribution in [3.05, 3.63) is 77.4 Å². The molecular formula is C26H26FN5O4. The molecule has 36 heavy (non-hydrogen) atoms. The summed E-state index contributed by atoms with van der Waals surface area (Å²) in [4.78, 5) is 38.9. The van der Waals surface area contributed by atoms with Crippen LogP contribution >= 0.6 is 0 Å². The van der Waals surface area contributed by atoms with Gasteiger partial charge in [-0.05, 0) is 48.2 Å². The van der Waals surface area contributed by atoms with E-state index in [0.717, 1.165) is 5.56 Å². The molecule has 3 aromatic rings. The SMILES string of the molecule is Cn1nccc1C(=O)NC(Cc1ccccc1F)C(=O)Nc1ccc2c(c1)NC(=O)C21CCOCC1. The van der Waals surface area contributed by atoms with Crippen molar-refractivity contribution in [1.29, 1.82) is 0 Å². The van der Waals surface area contributed by atoms with Crippen molar-refractivity contribution in [2.75, 3.05) is 23.8 Å². The predicted octanol–water partition coefficient (Wildman–Crippen LogP) is 2.54. The summed E-state index contributed by atoms with van der Waals surface area (Å²) in [5.74, 6) is -1.55. The highest BCUT2D eigenvalue weighted by Gasteiger charge is 2.47. The van der Waals surface area contributed by atoms with Crippen LogP contribution in [-0.2, 0) is 33.2 Å². The number of hydrogen-bond acceptors (Lipinski definition) is 5. The number of anilines is 2. The van der Waals surface area contributed by atoms with Gasteiger partial charge in [0.15, 0.2) is 0 Å². The number of halogens is 1. The summed E-state index contributed by atoms with van der Waals surface area (Å²) in [7, 11) is 1.62. The number of carbonyl (C=O) groups is 3. The number of hydrogen-bond donors (Lipinski definition) is 3.